The van der Waals surface area contributed by atoms with Crippen molar-refractivity contribution in [2.75, 3.05) is 32.1 Å². The van der Waals surface area contributed by atoms with Crippen molar-refractivity contribution in [3.63, 3.8) is 0 Å². The number of benzene rings is 2. The SMILES string of the molecule is COc1ccc(Cl)cc1C(=O)N1CCC(C(=O)N(C)c2ccc(C(N)=O)cc2)CC1. The number of primary amides is 1. The number of carbonyl (C=O) groups is 3. The van der Waals surface area contributed by atoms with E-state index in [0.29, 0.717) is 53.5 Å². The number of rotatable bonds is 5. The van der Waals surface area contributed by atoms with E-state index in [2.05, 4.69) is 0 Å². The first-order valence-corrected chi connectivity index (χ1v) is 10.00. The van der Waals surface area contributed by atoms with Crippen LogP contribution in [0.1, 0.15) is 33.6 Å². The highest BCUT2D eigenvalue weighted by atomic mass is 35.5. The molecule has 158 valence electrons. The van der Waals surface area contributed by atoms with Gasteiger partial charge in [0.15, 0.2) is 0 Å². The number of nitrogens with two attached hydrogens (primary N) is 1. The molecule has 3 amide bonds. The molecule has 1 heterocycles. The van der Waals surface area contributed by atoms with Crippen LogP contribution < -0.4 is 15.4 Å². The van der Waals surface area contributed by atoms with Crippen LogP contribution in [-0.4, -0.2) is 49.9 Å². The van der Waals surface area contributed by atoms with Gasteiger partial charge in [-0.05, 0) is 55.3 Å². The molecule has 2 aromatic rings. The van der Waals surface area contributed by atoms with Crippen LogP contribution in [0.3, 0.4) is 0 Å². The van der Waals surface area contributed by atoms with Gasteiger partial charge in [0.05, 0.1) is 12.7 Å². The van der Waals surface area contributed by atoms with Gasteiger partial charge in [-0.2, -0.15) is 0 Å². The summed E-state index contributed by atoms with van der Waals surface area (Å²) < 4.78 is 5.28. The Morgan fingerprint density at radius 3 is 2.30 bits per heavy atom. The van der Waals surface area contributed by atoms with Crippen LogP contribution in [0.5, 0.6) is 5.75 Å². The van der Waals surface area contributed by atoms with Gasteiger partial charge in [0.2, 0.25) is 11.8 Å². The number of piperidine rings is 1. The molecule has 0 unspecified atom stereocenters. The van der Waals surface area contributed by atoms with Crippen molar-refractivity contribution in [1.82, 2.24) is 4.90 Å². The molecule has 1 saturated heterocycles. The van der Waals surface area contributed by atoms with Gasteiger partial charge in [-0.25, -0.2) is 0 Å². The summed E-state index contributed by atoms with van der Waals surface area (Å²) in [4.78, 5) is 40.3. The van der Waals surface area contributed by atoms with Gasteiger partial charge in [-0.15, -0.1) is 0 Å². The lowest BCUT2D eigenvalue weighted by atomic mass is 9.94. The second-order valence-electron chi connectivity index (χ2n) is 7.22. The number of likely N-dealkylation sites (tertiary alicyclic amines) is 1. The largest absolute Gasteiger partial charge is 0.496 e. The van der Waals surface area contributed by atoms with Gasteiger partial charge in [0.1, 0.15) is 5.75 Å². The summed E-state index contributed by atoms with van der Waals surface area (Å²) in [7, 11) is 3.21. The average molecular weight is 430 g/mol. The highest BCUT2D eigenvalue weighted by Crippen LogP contribution is 2.27. The molecule has 0 aliphatic carbocycles. The highest BCUT2D eigenvalue weighted by molar-refractivity contribution is 6.31. The van der Waals surface area contributed by atoms with Crippen LogP contribution in [0, 0.1) is 5.92 Å². The third-order valence-electron chi connectivity index (χ3n) is 5.39. The molecule has 0 bridgehead atoms. The molecule has 7 nitrogen and oxygen atoms in total. The summed E-state index contributed by atoms with van der Waals surface area (Å²) in [6, 6.07) is 11.5. The maximum Gasteiger partial charge on any atom is 0.257 e. The van der Waals surface area contributed by atoms with Crippen LogP contribution in [-0.2, 0) is 4.79 Å². The zero-order chi connectivity index (χ0) is 21.8. The van der Waals surface area contributed by atoms with E-state index >= 15 is 0 Å². The van der Waals surface area contributed by atoms with Crippen molar-refractivity contribution in [3.05, 3.63) is 58.6 Å². The molecule has 2 N–H and O–H groups in total. The van der Waals surface area contributed by atoms with Crippen LogP contribution >= 0.6 is 11.6 Å². The number of amides is 3. The zero-order valence-electron chi connectivity index (χ0n) is 16.9. The third-order valence-corrected chi connectivity index (χ3v) is 5.63. The first-order valence-electron chi connectivity index (χ1n) is 9.62. The van der Waals surface area contributed by atoms with E-state index in [9.17, 15) is 14.4 Å². The van der Waals surface area contributed by atoms with Crippen molar-refractivity contribution in [1.29, 1.82) is 0 Å². The van der Waals surface area contributed by atoms with Gasteiger partial charge >= 0.3 is 0 Å². The van der Waals surface area contributed by atoms with E-state index in [1.54, 1.807) is 59.3 Å². The van der Waals surface area contributed by atoms with E-state index in [-0.39, 0.29) is 17.7 Å². The Balaban J connectivity index is 1.63. The number of hydrogen-bond acceptors (Lipinski definition) is 4. The number of nitrogens with zero attached hydrogens (tertiary/aromatic N) is 2. The third kappa shape index (κ3) is 4.57. The summed E-state index contributed by atoms with van der Waals surface area (Å²) in [5, 5.41) is 0.466. The predicted molar refractivity (Wildman–Crippen MR) is 115 cm³/mol. The molecule has 1 fully saturated rings. The number of carbonyl (C=O) groups excluding carboxylic acids is 3. The Bertz CT molecular complexity index is 953. The van der Waals surface area contributed by atoms with Crippen molar-refractivity contribution in [2.24, 2.45) is 11.7 Å². The van der Waals surface area contributed by atoms with Crippen LogP contribution in [0.15, 0.2) is 42.5 Å². The normalized spacial score (nSPS) is 14.3. The monoisotopic (exact) mass is 429 g/mol. The molecule has 0 saturated carbocycles. The average Bonchev–Trinajstić information content (AvgIpc) is 2.77. The maximum absolute atomic E-state index is 12.9. The van der Waals surface area contributed by atoms with Crippen molar-refractivity contribution >= 4 is 35.0 Å². The molecular weight excluding hydrogens is 406 g/mol. The summed E-state index contributed by atoms with van der Waals surface area (Å²) in [6.07, 6.45) is 1.13. The molecule has 0 aromatic heterocycles. The highest BCUT2D eigenvalue weighted by Gasteiger charge is 2.31. The molecule has 0 radical (unpaired) electrons. The van der Waals surface area contributed by atoms with Crippen molar-refractivity contribution in [2.45, 2.75) is 12.8 Å². The van der Waals surface area contributed by atoms with Crippen LogP contribution in [0.25, 0.3) is 0 Å². The minimum absolute atomic E-state index is 0.0192. The molecule has 0 spiro atoms. The van der Waals surface area contributed by atoms with E-state index in [1.165, 1.54) is 7.11 Å². The number of ether oxygens (including phenoxy) is 1. The molecule has 30 heavy (non-hydrogen) atoms. The lowest BCUT2D eigenvalue weighted by Crippen LogP contribution is -2.43. The molecule has 3 rings (SSSR count). The Hall–Kier alpha value is -3.06. The van der Waals surface area contributed by atoms with E-state index in [1.807, 2.05) is 0 Å². The molecule has 1 aliphatic rings. The van der Waals surface area contributed by atoms with E-state index in [4.69, 9.17) is 22.1 Å². The van der Waals surface area contributed by atoms with Crippen molar-refractivity contribution < 1.29 is 19.1 Å². The molecule has 2 aromatic carbocycles. The second-order valence-corrected chi connectivity index (χ2v) is 7.66. The molecule has 1 aliphatic heterocycles. The smallest absolute Gasteiger partial charge is 0.257 e. The number of anilines is 1. The van der Waals surface area contributed by atoms with Gasteiger partial charge in [0, 0.05) is 42.3 Å². The van der Waals surface area contributed by atoms with Crippen molar-refractivity contribution in [3.8, 4) is 5.75 Å². The number of halogens is 1. The zero-order valence-corrected chi connectivity index (χ0v) is 17.7. The van der Waals surface area contributed by atoms with E-state index < -0.39 is 5.91 Å². The maximum atomic E-state index is 12.9. The number of hydrogen-bond donors (Lipinski definition) is 1. The molecule has 0 atom stereocenters. The predicted octanol–water partition coefficient (Wildman–Crippen LogP) is 2.96. The van der Waals surface area contributed by atoms with Gasteiger partial charge in [0.25, 0.3) is 5.91 Å². The first kappa shape index (κ1) is 21.6. The summed E-state index contributed by atoms with van der Waals surface area (Å²) in [5.41, 5.74) is 6.75. The molecular formula is C22H24ClN3O4. The lowest BCUT2D eigenvalue weighted by molar-refractivity contribution is -0.123. The topological polar surface area (TPSA) is 92.9 Å². The lowest BCUT2D eigenvalue weighted by Gasteiger charge is -2.33. The Morgan fingerprint density at radius 2 is 1.73 bits per heavy atom. The second kappa shape index (κ2) is 9.17. The Kier molecular flexibility index (Phi) is 6.62. The van der Waals surface area contributed by atoms with Gasteiger partial charge in [-0.1, -0.05) is 11.6 Å². The van der Waals surface area contributed by atoms with Crippen LogP contribution in [0.4, 0.5) is 5.69 Å². The summed E-state index contributed by atoms with van der Waals surface area (Å²) in [5.74, 6) is -0.397. The van der Waals surface area contributed by atoms with Gasteiger partial charge < -0.3 is 20.3 Å². The van der Waals surface area contributed by atoms with Crippen LogP contribution in [0.2, 0.25) is 5.02 Å². The molecule has 8 heteroatoms. The quantitative estimate of drug-likeness (QED) is 0.790. The van der Waals surface area contributed by atoms with Gasteiger partial charge in [-0.3, -0.25) is 14.4 Å². The summed E-state index contributed by atoms with van der Waals surface area (Å²) in [6.45, 7) is 0.943. The first-order chi connectivity index (χ1) is 14.3. The number of methoxy groups -OCH3 is 1. The Labute approximate surface area is 180 Å². The summed E-state index contributed by atoms with van der Waals surface area (Å²) >= 11 is 6.04. The fourth-order valence-electron chi connectivity index (χ4n) is 3.60. The minimum Gasteiger partial charge on any atom is -0.496 e. The standard InChI is InChI=1S/C22H24ClN3O4/c1-25(17-6-3-14(4-7-17)20(24)27)21(28)15-9-11-26(12-10-15)22(29)18-13-16(23)5-8-19(18)30-2/h3-8,13,15H,9-12H2,1-2H3,(H2,24,27). The fraction of sp³-hybridized carbons (Fsp3) is 0.318. The fourth-order valence-corrected chi connectivity index (χ4v) is 3.77. The Morgan fingerprint density at radius 1 is 1.10 bits per heavy atom. The minimum atomic E-state index is -0.510. The van der Waals surface area contributed by atoms with E-state index in [0.717, 1.165) is 0 Å².